The van der Waals surface area contributed by atoms with Crippen LogP contribution in [0.2, 0.25) is 0 Å². The Bertz CT molecular complexity index is 4490. The number of para-hydroxylation sites is 4. The van der Waals surface area contributed by atoms with Gasteiger partial charge in [0.2, 0.25) is 0 Å². The van der Waals surface area contributed by atoms with Crippen molar-refractivity contribution in [3.63, 3.8) is 0 Å². The molecule has 0 amide bonds. The van der Waals surface area contributed by atoms with Gasteiger partial charge in [0.05, 0.1) is 22.5 Å². The molecule has 3 nitrogen and oxygen atoms in total. The van der Waals surface area contributed by atoms with Gasteiger partial charge in [-0.3, -0.25) is 0 Å². The fourth-order valence-electron chi connectivity index (χ4n) is 13.4. The van der Waals surface area contributed by atoms with E-state index in [4.69, 9.17) is 4.42 Å². The van der Waals surface area contributed by atoms with Crippen LogP contribution < -0.4 is 9.80 Å². The molecule has 12 aromatic carbocycles. The molecule has 13 aromatic rings. The lowest BCUT2D eigenvalue weighted by Gasteiger charge is -2.36. The lowest BCUT2D eigenvalue weighted by molar-refractivity contribution is 0.669. The van der Waals surface area contributed by atoms with Gasteiger partial charge in [0.15, 0.2) is 0 Å². The predicted octanol–water partition coefficient (Wildman–Crippen LogP) is 19.9. The Morgan fingerprint density at radius 2 is 0.816 bits per heavy atom. The van der Waals surface area contributed by atoms with Gasteiger partial charge in [-0.15, -0.1) is 0 Å². The minimum absolute atomic E-state index is 0.695. The van der Waals surface area contributed by atoms with Crippen LogP contribution >= 0.6 is 0 Å². The van der Waals surface area contributed by atoms with Gasteiger partial charge in [0.25, 0.3) is 0 Å². The summed E-state index contributed by atoms with van der Waals surface area (Å²) < 4.78 is 6.96. The fraction of sp³-hybridized carbons (Fsp3) is 0.0137. The van der Waals surface area contributed by atoms with E-state index >= 15 is 0 Å². The average molecular weight is 967 g/mol. The third-order valence-corrected chi connectivity index (χ3v) is 16.4. The molecule has 354 valence electrons. The second kappa shape index (κ2) is 16.5. The van der Waals surface area contributed by atoms with Gasteiger partial charge in [-0.1, -0.05) is 218 Å². The summed E-state index contributed by atoms with van der Waals surface area (Å²) in [5.41, 5.74) is 26.9. The van der Waals surface area contributed by atoms with Crippen LogP contribution in [0.3, 0.4) is 0 Å². The highest BCUT2D eigenvalue weighted by Crippen LogP contribution is 2.64. The number of hydrogen-bond donors (Lipinski definition) is 0. The summed E-state index contributed by atoms with van der Waals surface area (Å²) >= 11 is 0. The van der Waals surface area contributed by atoms with E-state index in [2.05, 4.69) is 289 Å². The number of rotatable bonds is 5. The van der Waals surface area contributed by atoms with Crippen LogP contribution in [0, 0.1) is 0 Å². The van der Waals surface area contributed by atoms with Gasteiger partial charge >= 0.3 is 0 Å². The quantitative estimate of drug-likeness (QED) is 0.171. The molecule has 3 heteroatoms. The molecule has 16 rings (SSSR count). The minimum Gasteiger partial charge on any atom is -0.455 e. The van der Waals surface area contributed by atoms with E-state index in [9.17, 15) is 0 Å². The van der Waals surface area contributed by atoms with E-state index in [1.807, 2.05) is 0 Å². The van der Waals surface area contributed by atoms with Crippen LogP contribution in [-0.2, 0) is 5.41 Å². The van der Waals surface area contributed by atoms with Crippen LogP contribution in [-0.4, -0.2) is 0 Å². The van der Waals surface area contributed by atoms with E-state index in [1.165, 1.54) is 66.8 Å². The molecule has 0 saturated heterocycles. The molecule has 0 saturated carbocycles. The van der Waals surface area contributed by atoms with Crippen molar-refractivity contribution in [1.29, 1.82) is 0 Å². The molecule has 76 heavy (non-hydrogen) atoms. The highest BCUT2D eigenvalue weighted by atomic mass is 16.3. The summed E-state index contributed by atoms with van der Waals surface area (Å²) in [6, 6.07) is 103. The molecule has 2 aliphatic carbocycles. The Balaban J connectivity index is 0.995. The second-order valence-corrected chi connectivity index (χ2v) is 20.2. The summed E-state index contributed by atoms with van der Waals surface area (Å²) in [4.78, 5) is 4.93. The summed E-state index contributed by atoms with van der Waals surface area (Å²) in [5.74, 6) is 0. The summed E-state index contributed by atoms with van der Waals surface area (Å²) in [6.45, 7) is 0. The van der Waals surface area contributed by atoms with Crippen molar-refractivity contribution in [2.75, 3.05) is 9.80 Å². The average Bonchev–Trinajstić information content (AvgIpc) is 4.18. The normalized spacial score (nSPS) is 14.3. The number of hydrogen-bond acceptors (Lipinski definition) is 3. The minimum atomic E-state index is -0.695. The smallest absolute Gasteiger partial charge is 0.143 e. The van der Waals surface area contributed by atoms with Crippen LogP contribution in [0.4, 0.5) is 34.1 Å². The van der Waals surface area contributed by atoms with Crippen molar-refractivity contribution in [3.8, 4) is 66.8 Å². The maximum absolute atomic E-state index is 6.96. The predicted molar refractivity (Wildman–Crippen MR) is 315 cm³/mol. The number of nitrogens with zero attached hydrogens (tertiary/aromatic N) is 2. The Labute approximate surface area is 441 Å². The van der Waals surface area contributed by atoms with Crippen molar-refractivity contribution in [3.05, 3.63) is 301 Å². The van der Waals surface area contributed by atoms with Gasteiger partial charge < -0.3 is 14.2 Å². The largest absolute Gasteiger partial charge is 0.455 e. The van der Waals surface area contributed by atoms with E-state index in [0.717, 1.165) is 78.3 Å². The molecule has 1 spiro atoms. The SMILES string of the molecule is c1ccc(-c2ccccc2N(c2ccc3c(c2)-c2ccccc2-c2ccccc2N3c2ccccc2)c2ccc3c(c2)-c2ccccc2-c2ccccc2C32c3ccccc3-c3c2ccc2c3oc3ccccc32)cc1. The Morgan fingerprint density at radius 1 is 0.316 bits per heavy atom. The van der Waals surface area contributed by atoms with Crippen LogP contribution in [0.1, 0.15) is 22.3 Å². The molecule has 0 radical (unpaired) electrons. The number of furan rings is 1. The van der Waals surface area contributed by atoms with Crippen molar-refractivity contribution in [2.45, 2.75) is 5.41 Å². The summed E-state index contributed by atoms with van der Waals surface area (Å²) in [5, 5.41) is 2.26. The number of anilines is 6. The van der Waals surface area contributed by atoms with Gasteiger partial charge in [-0.05, 0) is 127 Å². The standard InChI is InChI=1S/C73H46N2O/c1-3-21-47(22-4-1)51-25-13-18-36-67(51)74(50-40-44-69-62(46-50)55-29-10-8-27-53(55)57-31-14-19-37-68(57)75(69)48-23-5-2-6-24-48)49-39-42-65-61(45-49)54-28-9-7-26-52(54)56-30-11-16-34-63(56)73(65)64-35-17-12-33-60(64)71-66(73)43-41-59-58-32-15-20-38-70(58)76-72(59)71/h1-46H. The van der Waals surface area contributed by atoms with Crippen molar-refractivity contribution in [1.82, 2.24) is 0 Å². The maximum atomic E-state index is 6.96. The molecule has 0 bridgehead atoms. The lowest BCUT2D eigenvalue weighted by Crippen LogP contribution is -2.29. The molecule has 3 aliphatic rings. The second-order valence-electron chi connectivity index (χ2n) is 20.2. The van der Waals surface area contributed by atoms with E-state index in [1.54, 1.807) is 0 Å². The molecule has 1 atom stereocenters. The Kier molecular flexibility index (Phi) is 9.25. The first-order valence-corrected chi connectivity index (χ1v) is 26.2. The Morgan fingerprint density at radius 3 is 1.58 bits per heavy atom. The van der Waals surface area contributed by atoms with Gasteiger partial charge in [0, 0.05) is 50.1 Å². The van der Waals surface area contributed by atoms with Crippen molar-refractivity contribution >= 4 is 56.1 Å². The molecule has 0 fully saturated rings. The molecule has 1 aromatic heterocycles. The maximum Gasteiger partial charge on any atom is 0.143 e. The van der Waals surface area contributed by atoms with Gasteiger partial charge in [-0.25, -0.2) is 0 Å². The van der Waals surface area contributed by atoms with Crippen molar-refractivity contribution < 1.29 is 4.42 Å². The van der Waals surface area contributed by atoms with Crippen LogP contribution in [0.15, 0.2) is 283 Å². The third kappa shape index (κ3) is 5.99. The van der Waals surface area contributed by atoms with E-state index < -0.39 is 5.41 Å². The first-order valence-electron chi connectivity index (χ1n) is 26.2. The zero-order chi connectivity index (χ0) is 49.9. The van der Waals surface area contributed by atoms with Crippen LogP contribution in [0.5, 0.6) is 0 Å². The molecular formula is C73H46N2O. The monoisotopic (exact) mass is 966 g/mol. The fourth-order valence-corrected chi connectivity index (χ4v) is 13.4. The highest BCUT2D eigenvalue weighted by molar-refractivity contribution is 6.13. The summed E-state index contributed by atoms with van der Waals surface area (Å²) in [7, 11) is 0. The van der Waals surface area contributed by atoms with Gasteiger partial charge in [0.1, 0.15) is 11.2 Å². The first kappa shape index (κ1) is 42.5. The molecule has 2 heterocycles. The van der Waals surface area contributed by atoms with Crippen molar-refractivity contribution in [2.24, 2.45) is 0 Å². The topological polar surface area (TPSA) is 19.6 Å². The molecular weight excluding hydrogens is 921 g/mol. The molecule has 0 N–H and O–H groups in total. The van der Waals surface area contributed by atoms with E-state index in [0.29, 0.717) is 0 Å². The summed E-state index contributed by atoms with van der Waals surface area (Å²) in [6.07, 6.45) is 0. The molecule has 1 aliphatic heterocycles. The van der Waals surface area contributed by atoms with E-state index in [-0.39, 0.29) is 0 Å². The Hall–Kier alpha value is -9.96. The highest BCUT2D eigenvalue weighted by Gasteiger charge is 2.51. The lowest BCUT2D eigenvalue weighted by atomic mass is 9.66. The third-order valence-electron chi connectivity index (χ3n) is 16.4. The zero-order valence-electron chi connectivity index (χ0n) is 41.4. The zero-order valence-corrected chi connectivity index (χ0v) is 41.4. The first-order chi connectivity index (χ1) is 37.7. The van der Waals surface area contributed by atoms with Crippen LogP contribution in [0.25, 0.3) is 88.7 Å². The number of benzene rings is 12. The van der Waals surface area contributed by atoms with Gasteiger partial charge in [-0.2, -0.15) is 0 Å². The molecule has 1 unspecified atom stereocenters. The number of fused-ring (bicyclic) bond motifs is 21.